The number of carbonyl (C=O) groups is 2. The molecular formula is C17H19N5O2. The molecule has 0 spiro atoms. The van der Waals surface area contributed by atoms with Crippen molar-refractivity contribution < 1.29 is 9.59 Å². The number of hydrogen-bond donors (Lipinski definition) is 2. The SMILES string of the molecule is O=C(Nc1n[nH]nc1C(=O)N1CCCC1)c1ccc(C2CC2)cc1. The van der Waals surface area contributed by atoms with Crippen LogP contribution >= 0.6 is 0 Å². The van der Waals surface area contributed by atoms with Gasteiger partial charge in [-0.05, 0) is 49.3 Å². The lowest BCUT2D eigenvalue weighted by Gasteiger charge is -2.13. The summed E-state index contributed by atoms with van der Waals surface area (Å²) >= 11 is 0. The van der Waals surface area contributed by atoms with Crippen molar-refractivity contribution in [1.82, 2.24) is 20.3 Å². The number of likely N-dealkylation sites (tertiary alicyclic amines) is 1. The molecule has 4 rings (SSSR count). The summed E-state index contributed by atoms with van der Waals surface area (Å²) < 4.78 is 0. The Kier molecular flexibility index (Phi) is 3.76. The van der Waals surface area contributed by atoms with Crippen LogP contribution in [0, 0.1) is 0 Å². The Morgan fingerprint density at radius 3 is 2.46 bits per heavy atom. The van der Waals surface area contributed by atoms with Crippen molar-refractivity contribution in [3.8, 4) is 0 Å². The van der Waals surface area contributed by atoms with Crippen LogP contribution in [0.5, 0.6) is 0 Å². The zero-order valence-electron chi connectivity index (χ0n) is 13.3. The van der Waals surface area contributed by atoms with E-state index in [9.17, 15) is 9.59 Å². The van der Waals surface area contributed by atoms with Gasteiger partial charge in [0.2, 0.25) is 0 Å². The number of nitrogens with one attached hydrogen (secondary N) is 2. The van der Waals surface area contributed by atoms with E-state index in [-0.39, 0.29) is 23.3 Å². The average Bonchev–Trinajstić information content (AvgIpc) is 3.11. The molecule has 2 heterocycles. The molecule has 2 aliphatic rings. The monoisotopic (exact) mass is 325 g/mol. The quantitative estimate of drug-likeness (QED) is 0.901. The fourth-order valence-electron chi connectivity index (χ4n) is 3.04. The van der Waals surface area contributed by atoms with Crippen LogP contribution in [0.3, 0.4) is 0 Å². The van der Waals surface area contributed by atoms with Gasteiger partial charge in [0.1, 0.15) is 0 Å². The van der Waals surface area contributed by atoms with E-state index < -0.39 is 0 Å². The van der Waals surface area contributed by atoms with Crippen molar-refractivity contribution in [1.29, 1.82) is 0 Å². The van der Waals surface area contributed by atoms with Crippen molar-refractivity contribution in [2.75, 3.05) is 18.4 Å². The van der Waals surface area contributed by atoms with E-state index in [1.54, 1.807) is 4.90 Å². The number of aromatic nitrogens is 3. The number of benzene rings is 1. The molecule has 7 nitrogen and oxygen atoms in total. The summed E-state index contributed by atoms with van der Waals surface area (Å²) in [6, 6.07) is 7.60. The summed E-state index contributed by atoms with van der Waals surface area (Å²) in [6.07, 6.45) is 4.45. The number of carbonyl (C=O) groups excluding carboxylic acids is 2. The summed E-state index contributed by atoms with van der Waals surface area (Å²) in [5.41, 5.74) is 1.99. The van der Waals surface area contributed by atoms with Crippen LogP contribution < -0.4 is 5.32 Å². The Labute approximate surface area is 139 Å². The van der Waals surface area contributed by atoms with E-state index in [1.807, 2.05) is 24.3 Å². The van der Waals surface area contributed by atoms with Crippen LogP contribution in [0.4, 0.5) is 5.82 Å². The third-order valence-electron chi connectivity index (χ3n) is 4.60. The fraction of sp³-hybridized carbons (Fsp3) is 0.412. The van der Waals surface area contributed by atoms with E-state index in [1.165, 1.54) is 18.4 Å². The van der Waals surface area contributed by atoms with Crippen LogP contribution in [-0.4, -0.2) is 45.2 Å². The van der Waals surface area contributed by atoms with Gasteiger partial charge in [0.05, 0.1) is 0 Å². The number of anilines is 1. The summed E-state index contributed by atoms with van der Waals surface area (Å²) in [7, 11) is 0. The van der Waals surface area contributed by atoms with Crippen LogP contribution in [0.1, 0.15) is 58.0 Å². The molecule has 0 radical (unpaired) electrons. The molecule has 1 saturated heterocycles. The zero-order chi connectivity index (χ0) is 16.5. The predicted octanol–water partition coefficient (Wildman–Crippen LogP) is 2.17. The van der Waals surface area contributed by atoms with Gasteiger partial charge in [-0.25, -0.2) is 0 Å². The number of H-pyrrole nitrogens is 1. The van der Waals surface area contributed by atoms with Gasteiger partial charge < -0.3 is 10.2 Å². The average molecular weight is 325 g/mol. The van der Waals surface area contributed by atoms with Crippen molar-refractivity contribution in [2.45, 2.75) is 31.6 Å². The van der Waals surface area contributed by atoms with Gasteiger partial charge in [-0.1, -0.05) is 12.1 Å². The van der Waals surface area contributed by atoms with Crippen LogP contribution in [0.15, 0.2) is 24.3 Å². The maximum atomic E-state index is 12.4. The molecule has 2 fully saturated rings. The maximum absolute atomic E-state index is 12.4. The molecule has 0 unspecified atom stereocenters. The molecule has 124 valence electrons. The Hall–Kier alpha value is -2.70. The minimum atomic E-state index is -0.290. The van der Waals surface area contributed by atoms with Crippen molar-refractivity contribution in [3.05, 3.63) is 41.1 Å². The first-order valence-corrected chi connectivity index (χ1v) is 8.34. The Balaban J connectivity index is 1.47. The molecule has 2 N–H and O–H groups in total. The normalized spacial score (nSPS) is 17.1. The van der Waals surface area contributed by atoms with Gasteiger partial charge >= 0.3 is 0 Å². The number of amides is 2. The van der Waals surface area contributed by atoms with Gasteiger partial charge in [0, 0.05) is 18.7 Å². The molecule has 0 bridgehead atoms. The topological polar surface area (TPSA) is 91.0 Å². The van der Waals surface area contributed by atoms with E-state index in [2.05, 4.69) is 20.7 Å². The highest BCUT2D eigenvalue weighted by atomic mass is 16.2. The molecule has 0 atom stereocenters. The minimum absolute atomic E-state index is 0.167. The first-order valence-electron chi connectivity index (χ1n) is 8.34. The third kappa shape index (κ3) is 2.89. The molecule has 1 saturated carbocycles. The lowest BCUT2D eigenvalue weighted by Crippen LogP contribution is -2.29. The largest absolute Gasteiger partial charge is 0.337 e. The van der Waals surface area contributed by atoms with E-state index >= 15 is 0 Å². The second kappa shape index (κ2) is 6.07. The lowest BCUT2D eigenvalue weighted by atomic mass is 10.1. The fourth-order valence-corrected chi connectivity index (χ4v) is 3.04. The number of aromatic amines is 1. The van der Waals surface area contributed by atoms with E-state index in [0.29, 0.717) is 11.5 Å². The summed E-state index contributed by atoms with van der Waals surface area (Å²) in [6.45, 7) is 1.45. The molecule has 1 aromatic carbocycles. The molecule has 7 heteroatoms. The van der Waals surface area contributed by atoms with Gasteiger partial charge in [0.15, 0.2) is 11.5 Å². The van der Waals surface area contributed by atoms with Crippen molar-refractivity contribution >= 4 is 17.6 Å². The standard InChI is InChI=1S/C17H19N5O2/c23-16(13-7-5-12(6-8-13)11-3-4-11)18-15-14(19-21-20-15)17(24)22-9-1-2-10-22/h5-8,11H,1-4,9-10H2,(H2,18,19,20,21,23). The first kappa shape index (κ1) is 14.9. The highest BCUT2D eigenvalue weighted by Gasteiger charge is 2.26. The Bertz CT molecular complexity index is 758. The summed E-state index contributed by atoms with van der Waals surface area (Å²) in [5, 5.41) is 12.9. The molecular weight excluding hydrogens is 306 g/mol. The van der Waals surface area contributed by atoms with Crippen molar-refractivity contribution in [2.24, 2.45) is 0 Å². The molecule has 1 aliphatic carbocycles. The van der Waals surface area contributed by atoms with E-state index in [4.69, 9.17) is 0 Å². The van der Waals surface area contributed by atoms with E-state index in [0.717, 1.165) is 25.9 Å². The summed E-state index contributed by atoms with van der Waals surface area (Å²) in [5.74, 6) is 0.354. The molecule has 1 aromatic heterocycles. The van der Waals surface area contributed by atoms with Gasteiger partial charge in [0.25, 0.3) is 11.8 Å². The predicted molar refractivity (Wildman–Crippen MR) is 87.9 cm³/mol. The molecule has 1 aliphatic heterocycles. The maximum Gasteiger partial charge on any atom is 0.278 e. The highest BCUT2D eigenvalue weighted by Crippen LogP contribution is 2.39. The Morgan fingerprint density at radius 1 is 1.08 bits per heavy atom. The van der Waals surface area contributed by atoms with Gasteiger partial charge in [-0.15, -0.1) is 10.2 Å². The van der Waals surface area contributed by atoms with Crippen molar-refractivity contribution in [3.63, 3.8) is 0 Å². The lowest BCUT2D eigenvalue weighted by molar-refractivity contribution is 0.0788. The molecule has 2 amide bonds. The third-order valence-corrected chi connectivity index (χ3v) is 4.60. The highest BCUT2D eigenvalue weighted by molar-refractivity contribution is 6.07. The number of hydrogen-bond acceptors (Lipinski definition) is 4. The zero-order valence-corrected chi connectivity index (χ0v) is 13.3. The minimum Gasteiger partial charge on any atom is -0.337 e. The smallest absolute Gasteiger partial charge is 0.278 e. The molecule has 24 heavy (non-hydrogen) atoms. The number of nitrogens with zero attached hydrogens (tertiary/aromatic N) is 3. The Morgan fingerprint density at radius 2 is 1.79 bits per heavy atom. The van der Waals surface area contributed by atoms with Gasteiger partial charge in [-0.2, -0.15) is 5.21 Å². The first-order chi connectivity index (χ1) is 11.7. The summed E-state index contributed by atoms with van der Waals surface area (Å²) in [4.78, 5) is 26.5. The second-order valence-corrected chi connectivity index (χ2v) is 6.37. The van der Waals surface area contributed by atoms with Crippen LogP contribution in [0.25, 0.3) is 0 Å². The van der Waals surface area contributed by atoms with Crippen LogP contribution in [-0.2, 0) is 0 Å². The number of rotatable bonds is 4. The molecule has 2 aromatic rings. The van der Waals surface area contributed by atoms with Gasteiger partial charge in [-0.3, -0.25) is 9.59 Å². The second-order valence-electron chi connectivity index (χ2n) is 6.37. The van der Waals surface area contributed by atoms with Crippen LogP contribution in [0.2, 0.25) is 0 Å².